The zero-order valence-electron chi connectivity index (χ0n) is 19.6. The molecule has 1 spiro atoms. The number of pyridine rings is 1. The van der Waals surface area contributed by atoms with Crippen LogP contribution < -0.4 is 15.4 Å². The summed E-state index contributed by atoms with van der Waals surface area (Å²) in [4.78, 5) is 16.8. The topological polar surface area (TPSA) is 114 Å². The summed E-state index contributed by atoms with van der Waals surface area (Å²) < 4.78 is 36.0. The van der Waals surface area contributed by atoms with E-state index in [9.17, 15) is 13.2 Å². The summed E-state index contributed by atoms with van der Waals surface area (Å²) in [5.41, 5.74) is 2.37. The second-order valence-corrected chi connectivity index (χ2v) is 11.3. The fourth-order valence-corrected chi connectivity index (χ4v) is 5.91. The van der Waals surface area contributed by atoms with Gasteiger partial charge in [0.25, 0.3) is 5.91 Å². The number of carbonyl (C=O) groups is 1. The van der Waals surface area contributed by atoms with Gasteiger partial charge in [-0.05, 0) is 74.0 Å². The van der Waals surface area contributed by atoms with Crippen molar-refractivity contribution in [3.8, 4) is 0 Å². The number of aromatic nitrogens is 2. The number of fused-ring (bicyclic) bond motifs is 1. The van der Waals surface area contributed by atoms with Crippen LogP contribution in [0.3, 0.4) is 0 Å². The molecule has 1 aromatic carbocycles. The molecule has 2 aliphatic rings. The van der Waals surface area contributed by atoms with Gasteiger partial charge in [0.15, 0.2) is 0 Å². The first-order chi connectivity index (χ1) is 16.9. The smallest absolute Gasteiger partial charge is 0.253 e. The minimum atomic E-state index is -3.64. The molecule has 4 heterocycles. The third-order valence-electron chi connectivity index (χ3n) is 7.12. The average Bonchev–Trinajstić information content (AvgIpc) is 3.36. The fourth-order valence-electron chi connectivity index (χ4n) is 4.84. The largest absolute Gasteiger partial charge is 0.376 e. The maximum atomic E-state index is 12.8. The molecule has 9 nitrogen and oxygen atoms in total. The van der Waals surface area contributed by atoms with Gasteiger partial charge in [0.05, 0.1) is 23.2 Å². The highest BCUT2D eigenvalue weighted by Gasteiger charge is 2.37. The number of nitrogens with zero attached hydrogens (tertiary/aromatic N) is 2. The molecule has 1 amide bonds. The van der Waals surface area contributed by atoms with Crippen LogP contribution in [-0.2, 0) is 21.3 Å². The van der Waals surface area contributed by atoms with E-state index in [1.54, 1.807) is 59.4 Å². The van der Waals surface area contributed by atoms with E-state index in [1.807, 2.05) is 0 Å². The first kappa shape index (κ1) is 23.9. The number of imidazole rings is 1. The lowest BCUT2D eigenvalue weighted by molar-refractivity contribution is -0.0712. The second kappa shape index (κ2) is 10.1. The third-order valence-corrected chi connectivity index (χ3v) is 8.56. The Morgan fingerprint density at radius 2 is 1.94 bits per heavy atom. The molecule has 35 heavy (non-hydrogen) atoms. The molecule has 1 unspecified atom stereocenters. The molecule has 2 aromatic heterocycles. The molecule has 3 N–H and O–H groups in total. The monoisotopic (exact) mass is 497 g/mol. The lowest BCUT2D eigenvalue weighted by Crippen LogP contribution is -2.46. The second-order valence-electron chi connectivity index (χ2n) is 9.51. The Kier molecular flexibility index (Phi) is 6.88. The summed E-state index contributed by atoms with van der Waals surface area (Å²) in [7, 11) is -3.64. The van der Waals surface area contributed by atoms with E-state index in [-0.39, 0.29) is 28.9 Å². The van der Waals surface area contributed by atoms with Gasteiger partial charge in [-0.2, -0.15) is 0 Å². The van der Waals surface area contributed by atoms with Gasteiger partial charge in [-0.25, -0.2) is 18.1 Å². The summed E-state index contributed by atoms with van der Waals surface area (Å²) in [6, 6.07) is 10.1. The van der Waals surface area contributed by atoms with Crippen molar-refractivity contribution >= 4 is 21.6 Å². The molecule has 0 bridgehead atoms. The molecule has 2 saturated heterocycles. The van der Waals surface area contributed by atoms with Crippen LogP contribution in [0.2, 0.25) is 0 Å². The Morgan fingerprint density at radius 1 is 1.14 bits per heavy atom. The first-order valence-electron chi connectivity index (χ1n) is 12.0. The maximum absolute atomic E-state index is 12.8. The molecule has 0 aliphatic carbocycles. The van der Waals surface area contributed by atoms with Gasteiger partial charge in [-0.1, -0.05) is 12.1 Å². The van der Waals surface area contributed by atoms with Crippen molar-refractivity contribution in [2.24, 2.45) is 5.41 Å². The standard InChI is InChI=1S/C25H31N5O4S/c31-24(20-3-6-23-27-13-14-30(23)17-20)28-15-19-1-4-22(5-2-19)35(32,33)29-16-21-7-8-25(18-34-21)9-11-26-12-10-25/h1-6,13-14,17,21,26,29H,7-12,15-16,18H2,(H,28,31). The molecule has 0 radical (unpaired) electrons. The van der Waals surface area contributed by atoms with Gasteiger partial charge in [-0.15, -0.1) is 0 Å². The van der Waals surface area contributed by atoms with Crippen molar-refractivity contribution in [3.63, 3.8) is 0 Å². The van der Waals surface area contributed by atoms with Crippen molar-refractivity contribution in [1.82, 2.24) is 24.7 Å². The molecule has 5 rings (SSSR count). The zero-order chi connectivity index (χ0) is 24.3. The Hall–Kier alpha value is -2.79. The molecular weight excluding hydrogens is 466 g/mol. The summed E-state index contributed by atoms with van der Waals surface area (Å²) >= 11 is 0. The Balaban J connectivity index is 1.11. The summed E-state index contributed by atoms with van der Waals surface area (Å²) in [6.07, 6.45) is 9.28. The Morgan fingerprint density at radius 3 is 2.69 bits per heavy atom. The number of nitrogens with one attached hydrogen (secondary N) is 3. The molecule has 2 fully saturated rings. The normalized spacial score (nSPS) is 20.2. The van der Waals surface area contributed by atoms with Gasteiger partial charge in [-0.3, -0.25) is 4.79 Å². The van der Waals surface area contributed by atoms with Gasteiger partial charge >= 0.3 is 0 Å². The highest BCUT2D eigenvalue weighted by molar-refractivity contribution is 7.89. The van der Waals surface area contributed by atoms with Crippen molar-refractivity contribution in [3.05, 3.63) is 66.1 Å². The number of carbonyl (C=O) groups excluding carboxylic acids is 1. The number of hydrogen-bond donors (Lipinski definition) is 3. The first-order valence-corrected chi connectivity index (χ1v) is 13.5. The number of ether oxygens (including phenoxy) is 1. The van der Waals surface area contributed by atoms with E-state index in [0.29, 0.717) is 18.7 Å². The molecular formula is C25H31N5O4S. The SMILES string of the molecule is O=C(NCc1ccc(S(=O)(=O)NCC2CCC3(CCNCC3)CO2)cc1)c1ccc2nccn2c1. The molecule has 0 saturated carbocycles. The van der Waals surface area contributed by atoms with E-state index in [4.69, 9.17) is 4.74 Å². The number of sulfonamides is 1. The zero-order valence-corrected chi connectivity index (χ0v) is 20.4. The van der Waals surface area contributed by atoms with E-state index >= 15 is 0 Å². The van der Waals surface area contributed by atoms with Crippen molar-refractivity contribution in [1.29, 1.82) is 0 Å². The third kappa shape index (κ3) is 5.56. The lowest BCUT2D eigenvalue weighted by Gasteiger charge is -2.43. The van der Waals surface area contributed by atoms with Crippen LogP contribution in [0.4, 0.5) is 0 Å². The predicted molar refractivity (Wildman–Crippen MR) is 132 cm³/mol. The minimum Gasteiger partial charge on any atom is -0.376 e. The maximum Gasteiger partial charge on any atom is 0.253 e. The molecule has 3 aromatic rings. The Bertz CT molecular complexity index is 1270. The van der Waals surface area contributed by atoms with Crippen molar-refractivity contribution in [2.75, 3.05) is 26.2 Å². The van der Waals surface area contributed by atoms with Crippen LogP contribution in [0.1, 0.15) is 41.6 Å². The van der Waals surface area contributed by atoms with E-state index in [1.165, 1.54) is 0 Å². The molecule has 186 valence electrons. The quantitative estimate of drug-likeness (QED) is 0.461. The highest BCUT2D eigenvalue weighted by Crippen LogP contribution is 2.38. The van der Waals surface area contributed by atoms with Crippen molar-refractivity contribution in [2.45, 2.75) is 43.2 Å². The molecule has 1 atom stereocenters. The number of benzene rings is 1. The molecule has 10 heteroatoms. The summed E-state index contributed by atoms with van der Waals surface area (Å²) in [5, 5.41) is 6.25. The Labute approximate surface area is 205 Å². The summed E-state index contributed by atoms with van der Waals surface area (Å²) in [6.45, 7) is 3.33. The van der Waals surface area contributed by atoms with Gasteiger partial charge in [0, 0.05) is 31.7 Å². The van der Waals surface area contributed by atoms with Gasteiger partial charge in [0.1, 0.15) is 5.65 Å². The van der Waals surface area contributed by atoms with Crippen LogP contribution >= 0.6 is 0 Å². The van der Waals surface area contributed by atoms with Crippen LogP contribution in [0.15, 0.2) is 59.9 Å². The van der Waals surface area contributed by atoms with Crippen LogP contribution in [-0.4, -0.2) is 56.1 Å². The van der Waals surface area contributed by atoms with Gasteiger partial charge in [0.2, 0.25) is 10.0 Å². The van der Waals surface area contributed by atoms with E-state index in [2.05, 4.69) is 20.3 Å². The van der Waals surface area contributed by atoms with E-state index < -0.39 is 10.0 Å². The number of hydrogen-bond acceptors (Lipinski definition) is 6. The van der Waals surface area contributed by atoms with E-state index in [0.717, 1.165) is 50.0 Å². The molecule has 2 aliphatic heterocycles. The number of amides is 1. The number of piperidine rings is 1. The lowest BCUT2D eigenvalue weighted by atomic mass is 9.74. The highest BCUT2D eigenvalue weighted by atomic mass is 32.2. The average molecular weight is 498 g/mol. The number of rotatable bonds is 7. The van der Waals surface area contributed by atoms with Crippen LogP contribution in [0, 0.1) is 5.41 Å². The van der Waals surface area contributed by atoms with Gasteiger partial charge < -0.3 is 19.8 Å². The minimum absolute atomic E-state index is 0.0960. The summed E-state index contributed by atoms with van der Waals surface area (Å²) in [5.74, 6) is -0.210. The van der Waals surface area contributed by atoms with Crippen LogP contribution in [0.5, 0.6) is 0 Å². The fraction of sp³-hybridized carbons (Fsp3) is 0.440. The van der Waals surface area contributed by atoms with Crippen LogP contribution in [0.25, 0.3) is 5.65 Å². The van der Waals surface area contributed by atoms with Crippen molar-refractivity contribution < 1.29 is 17.9 Å². The predicted octanol–water partition coefficient (Wildman–Crippen LogP) is 2.09.